The number of methoxy groups -OCH3 is 1. The Morgan fingerprint density at radius 3 is 2.53 bits per heavy atom. The number of aliphatic hydroxyl groups is 1. The third-order valence-corrected chi connectivity index (χ3v) is 8.49. The van der Waals surface area contributed by atoms with Gasteiger partial charge in [0.1, 0.15) is 11.8 Å². The molecule has 1 aromatic carbocycles. The average Bonchev–Trinajstić information content (AvgIpc) is 3.13. The Balaban J connectivity index is 1.46. The number of hydrogen-bond donors (Lipinski definition) is 2. The van der Waals surface area contributed by atoms with Crippen LogP contribution >= 0.6 is 0 Å². The number of aromatic nitrogens is 2. The molecule has 1 saturated heterocycles. The molecule has 3 fully saturated rings. The topological polar surface area (TPSA) is 97.5 Å². The van der Waals surface area contributed by atoms with E-state index in [1.807, 2.05) is 11.0 Å². The zero-order valence-electron chi connectivity index (χ0n) is 20.1. The zero-order chi connectivity index (χ0) is 23.8. The van der Waals surface area contributed by atoms with Gasteiger partial charge in [0.15, 0.2) is 6.35 Å². The Morgan fingerprint density at radius 1 is 1.21 bits per heavy atom. The lowest BCUT2D eigenvalue weighted by Crippen LogP contribution is -2.57. The van der Waals surface area contributed by atoms with Crippen LogP contribution in [0.2, 0.25) is 0 Å². The van der Waals surface area contributed by atoms with Crippen LogP contribution in [0.3, 0.4) is 0 Å². The molecule has 1 aromatic heterocycles. The molecule has 0 amide bonds. The number of nitrogens with zero attached hydrogens (tertiary/aromatic N) is 5. The number of nitrogens with one attached hydrogen (secondary N) is 1. The van der Waals surface area contributed by atoms with E-state index in [4.69, 9.17) is 4.74 Å². The smallest absolute Gasteiger partial charge is 0.241 e. The lowest BCUT2D eigenvalue weighted by molar-refractivity contribution is -0.0563. The first-order chi connectivity index (χ1) is 16.5. The van der Waals surface area contributed by atoms with Crippen LogP contribution < -0.4 is 15.0 Å². The molecule has 0 radical (unpaired) electrons. The number of benzene rings is 1. The highest BCUT2D eigenvalue weighted by Gasteiger charge is 2.55. The van der Waals surface area contributed by atoms with E-state index in [-0.39, 0.29) is 16.9 Å². The lowest BCUT2D eigenvalue weighted by Gasteiger charge is -2.49. The van der Waals surface area contributed by atoms with Gasteiger partial charge in [0.25, 0.3) is 0 Å². The normalized spacial score (nSPS) is 29.7. The first-order valence-electron chi connectivity index (χ1n) is 12.3. The quantitative estimate of drug-likeness (QED) is 0.676. The van der Waals surface area contributed by atoms with Crippen LogP contribution in [0.5, 0.6) is 5.88 Å². The van der Waals surface area contributed by atoms with Crippen molar-refractivity contribution >= 4 is 5.69 Å². The molecular weight excluding hydrogens is 428 g/mol. The van der Waals surface area contributed by atoms with Gasteiger partial charge in [-0.05, 0) is 57.1 Å². The van der Waals surface area contributed by atoms with E-state index in [2.05, 4.69) is 57.6 Å². The molecular formula is C26H34N6O2. The summed E-state index contributed by atoms with van der Waals surface area (Å²) in [4.78, 5) is 12.7. The van der Waals surface area contributed by atoms with Crippen LogP contribution in [0.25, 0.3) is 0 Å². The fraction of sp³-hybridized carbons (Fsp3) is 0.577. The lowest BCUT2D eigenvalue weighted by atomic mass is 9.68. The Hall–Kier alpha value is -2.73. The maximum Gasteiger partial charge on any atom is 0.241 e. The highest BCUT2D eigenvalue weighted by Crippen LogP contribution is 2.49. The van der Waals surface area contributed by atoms with Gasteiger partial charge >= 0.3 is 0 Å². The Kier molecular flexibility index (Phi) is 6.19. The van der Waals surface area contributed by atoms with Crippen LogP contribution in [-0.4, -0.2) is 59.1 Å². The van der Waals surface area contributed by atoms with Gasteiger partial charge in [-0.25, -0.2) is 4.98 Å². The highest BCUT2D eigenvalue weighted by molar-refractivity contribution is 5.56. The summed E-state index contributed by atoms with van der Waals surface area (Å²) in [5.74, 6) is 1.03. The van der Waals surface area contributed by atoms with E-state index < -0.39 is 6.35 Å². The predicted octanol–water partition coefficient (Wildman–Crippen LogP) is 2.98. The summed E-state index contributed by atoms with van der Waals surface area (Å²) < 4.78 is 5.50. The van der Waals surface area contributed by atoms with Gasteiger partial charge < -0.3 is 20.1 Å². The van der Waals surface area contributed by atoms with Crippen LogP contribution in [0, 0.1) is 17.2 Å². The van der Waals surface area contributed by atoms with Gasteiger partial charge in [-0.15, -0.1) is 0 Å². The number of aliphatic hydroxyl groups excluding tert-OH is 1. The first-order valence-corrected chi connectivity index (χ1v) is 12.3. The fourth-order valence-electron chi connectivity index (χ4n) is 6.14. The third kappa shape index (κ3) is 3.82. The Bertz CT molecular complexity index is 1040. The molecule has 180 valence electrons. The standard InChI is InChI=1S/C26H34N6O2/c1-28-26(20-9-4-3-5-10-20)13-11-25(12-14-26)18-31(24(33)32(25)17-19-7-6-8-19)21-16-29-22(15-27)30-23(21)34-2/h3-5,9-10,16,19,24,28,33H,6-8,11-14,17-18H2,1-2H3. The molecule has 8 nitrogen and oxygen atoms in total. The first kappa shape index (κ1) is 23.0. The molecule has 0 bridgehead atoms. The molecule has 2 aromatic rings. The largest absolute Gasteiger partial charge is 0.479 e. The molecule has 34 heavy (non-hydrogen) atoms. The number of rotatable bonds is 6. The van der Waals surface area contributed by atoms with Gasteiger partial charge in [0.05, 0.1) is 13.3 Å². The number of anilines is 1. The molecule has 1 aliphatic heterocycles. The maximum atomic E-state index is 11.6. The van der Waals surface area contributed by atoms with Crippen LogP contribution in [0.1, 0.15) is 56.3 Å². The molecule has 5 rings (SSSR count). The van der Waals surface area contributed by atoms with Crippen molar-refractivity contribution < 1.29 is 9.84 Å². The molecule has 1 unspecified atom stereocenters. The summed E-state index contributed by atoms with van der Waals surface area (Å²) in [6.45, 7) is 1.58. The minimum Gasteiger partial charge on any atom is -0.479 e. The number of hydrogen-bond acceptors (Lipinski definition) is 8. The van der Waals surface area contributed by atoms with Gasteiger partial charge in [-0.2, -0.15) is 10.2 Å². The summed E-state index contributed by atoms with van der Waals surface area (Å²) in [5.41, 5.74) is 1.78. The zero-order valence-corrected chi connectivity index (χ0v) is 20.1. The van der Waals surface area contributed by atoms with Gasteiger partial charge in [0, 0.05) is 24.2 Å². The molecule has 1 atom stereocenters. The summed E-state index contributed by atoms with van der Waals surface area (Å²) in [5, 5.41) is 24.4. The van der Waals surface area contributed by atoms with Crippen LogP contribution in [0.15, 0.2) is 36.5 Å². The molecule has 2 aliphatic carbocycles. The molecule has 2 saturated carbocycles. The summed E-state index contributed by atoms with van der Waals surface area (Å²) >= 11 is 0. The second-order valence-electron chi connectivity index (χ2n) is 10.0. The van der Waals surface area contributed by atoms with Crippen molar-refractivity contribution in [2.45, 2.75) is 62.4 Å². The predicted molar refractivity (Wildman–Crippen MR) is 129 cm³/mol. The third-order valence-electron chi connectivity index (χ3n) is 8.49. The van der Waals surface area contributed by atoms with Crippen molar-refractivity contribution in [3.05, 3.63) is 47.9 Å². The average molecular weight is 463 g/mol. The van der Waals surface area contributed by atoms with Crippen molar-refractivity contribution in [3.8, 4) is 11.9 Å². The Morgan fingerprint density at radius 2 is 1.94 bits per heavy atom. The number of nitriles is 1. The van der Waals surface area contributed by atoms with E-state index in [9.17, 15) is 10.4 Å². The van der Waals surface area contributed by atoms with Crippen LogP contribution in [-0.2, 0) is 5.54 Å². The monoisotopic (exact) mass is 462 g/mol. The van der Waals surface area contributed by atoms with Crippen molar-refractivity contribution in [3.63, 3.8) is 0 Å². The summed E-state index contributed by atoms with van der Waals surface area (Å²) in [6, 6.07) is 12.7. The van der Waals surface area contributed by atoms with Crippen molar-refractivity contribution in [1.29, 1.82) is 5.26 Å². The van der Waals surface area contributed by atoms with E-state index in [1.54, 1.807) is 13.3 Å². The molecule has 8 heteroatoms. The van der Waals surface area contributed by atoms with Gasteiger partial charge in [0.2, 0.25) is 11.7 Å². The van der Waals surface area contributed by atoms with Gasteiger partial charge in [-0.1, -0.05) is 36.8 Å². The Labute approximate surface area is 201 Å². The number of ether oxygens (including phenoxy) is 1. The van der Waals surface area contributed by atoms with E-state index >= 15 is 0 Å². The minimum atomic E-state index is -0.773. The molecule has 2 N–H and O–H groups in total. The molecule has 3 aliphatic rings. The van der Waals surface area contributed by atoms with Crippen molar-refractivity contribution in [2.75, 3.05) is 32.1 Å². The SMILES string of the molecule is CNC1(c2ccccc2)CCC2(CC1)CN(c1cnc(C#N)nc1OC)C(O)N2CC1CCC1. The van der Waals surface area contributed by atoms with Crippen LogP contribution in [0.4, 0.5) is 5.69 Å². The van der Waals surface area contributed by atoms with E-state index in [1.165, 1.54) is 24.8 Å². The molecule has 2 heterocycles. The molecule has 1 spiro atoms. The van der Waals surface area contributed by atoms with Crippen molar-refractivity contribution in [2.24, 2.45) is 5.92 Å². The second kappa shape index (κ2) is 9.14. The highest BCUT2D eigenvalue weighted by atomic mass is 16.5. The van der Waals surface area contributed by atoms with E-state index in [0.717, 1.165) is 32.2 Å². The van der Waals surface area contributed by atoms with Gasteiger partial charge in [-0.3, -0.25) is 4.90 Å². The van der Waals surface area contributed by atoms with E-state index in [0.29, 0.717) is 24.0 Å². The summed E-state index contributed by atoms with van der Waals surface area (Å²) in [7, 11) is 3.60. The summed E-state index contributed by atoms with van der Waals surface area (Å²) in [6.07, 6.45) is 8.51. The van der Waals surface area contributed by atoms with Crippen molar-refractivity contribution in [1.82, 2.24) is 20.2 Å². The second-order valence-corrected chi connectivity index (χ2v) is 10.0. The maximum absolute atomic E-state index is 11.6. The minimum absolute atomic E-state index is 0.0533. The fourth-order valence-corrected chi connectivity index (χ4v) is 6.14.